The van der Waals surface area contributed by atoms with Crippen molar-refractivity contribution in [2.24, 2.45) is 0 Å². The van der Waals surface area contributed by atoms with Crippen LogP contribution in [-0.2, 0) is 13.1 Å². The Morgan fingerprint density at radius 3 is 2.86 bits per heavy atom. The molecule has 1 aliphatic rings. The van der Waals surface area contributed by atoms with Gasteiger partial charge in [0.15, 0.2) is 0 Å². The van der Waals surface area contributed by atoms with Crippen molar-refractivity contribution < 1.29 is 0 Å². The molecule has 2 aromatic heterocycles. The Morgan fingerprint density at radius 2 is 2.24 bits per heavy atom. The van der Waals surface area contributed by atoms with E-state index in [1.54, 1.807) is 11.3 Å². The van der Waals surface area contributed by atoms with Gasteiger partial charge in [0.05, 0.1) is 3.79 Å². The molecule has 0 bridgehead atoms. The minimum absolute atomic E-state index is 0.740. The van der Waals surface area contributed by atoms with Crippen molar-refractivity contribution in [3.63, 3.8) is 0 Å². The molecule has 5 heteroatoms. The molecule has 1 N–H and O–H groups in total. The molecule has 0 aliphatic heterocycles. The lowest BCUT2D eigenvalue weighted by molar-refractivity contribution is 0.682. The van der Waals surface area contributed by atoms with E-state index in [9.17, 15) is 0 Å². The molecule has 0 aromatic carbocycles. The third-order valence-electron chi connectivity index (χ3n) is 3.77. The van der Waals surface area contributed by atoms with Gasteiger partial charge >= 0.3 is 0 Å². The average molecular weight is 366 g/mol. The number of nitrogens with one attached hydrogen (secondary N) is 1. The van der Waals surface area contributed by atoms with Gasteiger partial charge in [-0.2, -0.15) is 0 Å². The van der Waals surface area contributed by atoms with E-state index < -0.39 is 0 Å². The van der Waals surface area contributed by atoms with Crippen LogP contribution in [0.15, 0.2) is 27.4 Å². The maximum absolute atomic E-state index is 4.75. The quantitative estimate of drug-likeness (QED) is 0.834. The Hall–Kier alpha value is -0.910. The molecule has 2 heterocycles. The molecule has 1 aliphatic carbocycles. The van der Waals surface area contributed by atoms with E-state index in [2.05, 4.69) is 63.7 Å². The zero-order valence-corrected chi connectivity index (χ0v) is 14.8. The average Bonchev–Trinajstić information content (AvgIpc) is 3.20. The topological polar surface area (TPSA) is 28.2 Å². The number of rotatable bonds is 6. The summed E-state index contributed by atoms with van der Waals surface area (Å²) in [4.78, 5) is 6.95. The number of halogens is 1. The van der Waals surface area contributed by atoms with Crippen LogP contribution in [0.25, 0.3) is 0 Å². The second kappa shape index (κ2) is 6.46. The largest absolute Gasteiger partial charge is 0.355 e. The highest BCUT2D eigenvalue weighted by molar-refractivity contribution is 9.11. The summed E-state index contributed by atoms with van der Waals surface area (Å²) >= 11 is 5.23. The Labute approximate surface area is 138 Å². The van der Waals surface area contributed by atoms with E-state index >= 15 is 0 Å². The normalized spacial score (nSPS) is 14.4. The standard InChI is InChI=1S/C16H20BrN3S/c1-11-13(8-18-14-4-5-14)3-6-16(19-11)20(2)9-12-7-15(17)21-10-12/h3,6-7,10,14,18H,4-5,8-9H2,1-2H3. The molecule has 112 valence electrons. The highest BCUT2D eigenvalue weighted by atomic mass is 79.9. The van der Waals surface area contributed by atoms with Crippen LogP contribution in [0.4, 0.5) is 5.82 Å². The minimum Gasteiger partial charge on any atom is -0.355 e. The van der Waals surface area contributed by atoms with E-state index in [1.807, 2.05) is 0 Å². The number of hydrogen-bond acceptors (Lipinski definition) is 4. The van der Waals surface area contributed by atoms with Crippen LogP contribution in [0.5, 0.6) is 0 Å². The maximum Gasteiger partial charge on any atom is 0.128 e. The highest BCUT2D eigenvalue weighted by Crippen LogP contribution is 2.24. The summed E-state index contributed by atoms with van der Waals surface area (Å²) in [7, 11) is 2.09. The Bertz CT molecular complexity index is 622. The van der Waals surface area contributed by atoms with Crippen LogP contribution in [0.3, 0.4) is 0 Å². The predicted octanol–water partition coefficient (Wildman–Crippen LogP) is 4.10. The van der Waals surface area contributed by atoms with Crippen molar-refractivity contribution in [1.82, 2.24) is 10.3 Å². The molecule has 1 saturated carbocycles. The monoisotopic (exact) mass is 365 g/mol. The summed E-state index contributed by atoms with van der Waals surface area (Å²) < 4.78 is 1.18. The van der Waals surface area contributed by atoms with E-state index in [0.29, 0.717) is 0 Å². The molecule has 0 spiro atoms. The lowest BCUT2D eigenvalue weighted by Gasteiger charge is -2.19. The van der Waals surface area contributed by atoms with Gasteiger partial charge in [-0.25, -0.2) is 4.98 Å². The number of aryl methyl sites for hydroxylation is 1. The van der Waals surface area contributed by atoms with Crippen LogP contribution in [0.1, 0.15) is 29.7 Å². The second-order valence-corrected chi connectivity index (χ2v) is 7.97. The number of thiophene rings is 1. The van der Waals surface area contributed by atoms with E-state index in [-0.39, 0.29) is 0 Å². The molecule has 3 nitrogen and oxygen atoms in total. The minimum atomic E-state index is 0.740. The second-order valence-electron chi connectivity index (χ2n) is 5.68. The van der Waals surface area contributed by atoms with Crippen molar-refractivity contribution >= 4 is 33.1 Å². The molecule has 2 aromatic rings. The number of nitrogens with zero attached hydrogens (tertiary/aromatic N) is 2. The van der Waals surface area contributed by atoms with Crippen LogP contribution in [-0.4, -0.2) is 18.1 Å². The molecular weight excluding hydrogens is 346 g/mol. The molecule has 0 amide bonds. The number of aromatic nitrogens is 1. The summed E-state index contributed by atoms with van der Waals surface area (Å²) in [6.45, 7) is 3.92. The maximum atomic E-state index is 4.75. The molecular formula is C16H20BrN3S. The molecule has 3 rings (SSSR count). The van der Waals surface area contributed by atoms with E-state index in [0.717, 1.165) is 30.6 Å². The summed E-state index contributed by atoms with van der Waals surface area (Å²) in [5.74, 6) is 1.03. The van der Waals surface area contributed by atoms with Gasteiger partial charge in [0.25, 0.3) is 0 Å². The zero-order chi connectivity index (χ0) is 14.8. The van der Waals surface area contributed by atoms with Crippen molar-refractivity contribution in [1.29, 1.82) is 0 Å². The predicted molar refractivity (Wildman–Crippen MR) is 93.0 cm³/mol. The fraction of sp³-hybridized carbons (Fsp3) is 0.438. The van der Waals surface area contributed by atoms with Crippen LogP contribution < -0.4 is 10.2 Å². The molecule has 21 heavy (non-hydrogen) atoms. The van der Waals surface area contributed by atoms with Crippen LogP contribution in [0, 0.1) is 6.92 Å². The molecule has 1 fully saturated rings. The van der Waals surface area contributed by atoms with Gasteiger partial charge < -0.3 is 10.2 Å². The van der Waals surface area contributed by atoms with Gasteiger partial charge in [0.2, 0.25) is 0 Å². The Morgan fingerprint density at radius 1 is 1.43 bits per heavy atom. The summed E-state index contributed by atoms with van der Waals surface area (Å²) in [5, 5.41) is 5.73. The fourth-order valence-electron chi connectivity index (χ4n) is 2.30. The summed E-state index contributed by atoms with van der Waals surface area (Å²) in [6, 6.07) is 7.23. The van der Waals surface area contributed by atoms with Crippen molar-refractivity contribution in [3.8, 4) is 0 Å². The van der Waals surface area contributed by atoms with Gasteiger partial charge in [-0.05, 0) is 64.3 Å². The third-order valence-corrected chi connectivity index (χ3v) is 5.32. The SMILES string of the molecule is Cc1nc(N(C)Cc2csc(Br)c2)ccc1CNC1CC1. The first-order valence-electron chi connectivity index (χ1n) is 7.26. The summed E-state index contributed by atoms with van der Waals surface area (Å²) in [6.07, 6.45) is 2.65. The first-order valence-corrected chi connectivity index (χ1v) is 8.93. The smallest absolute Gasteiger partial charge is 0.128 e. The van der Waals surface area contributed by atoms with Gasteiger partial charge in [0, 0.05) is 31.9 Å². The first-order chi connectivity index (χ1) is 10.1. The highest BCUT2D eigenvalue weighted by Gasteiger charge is 2.20. The molecule has 0 unspecified atom stereocenters. The van der Waals surface area contributed by atoms with Crippen molar-refractivity contribution in [3.05, 3.63) is 44.2 Å². The van der Waals surface area contributed by atoms with E-state index in [4.69, 9.17) is 4.98 Å². The number of pyridine rings is 1. The molecule has 0 atom stereocenters. The van der Waals surface area contributed by atoms with Gasteiger partial charge in [0.1, 0.15) is 5.82 Å². The fourth-order valence-corrected chi connectivity index (χ4v) is 3.50. The van der Waals surface area contributed by atoms with E-state index in [1.165, 1.54) is 27.8 Å². The van der Waals surface area contributed by atoms with Crippen molar-refractivity contribution in [2.45, 2.75) is 38.9 Å². The third kappa shape index (κ3) is 4.05. The Balaban J connectivity index is 1.65. The van der Waals surface area contributed by atoms with Gasteiger partial charge in [-0.3, -0.25) is 0 Å². The Kier molecular flexibility index (Phi) is 4.62. The first kappa shape index (κ1) is 15.0. The molecule has 0 saturated heterocycles. The number of hydrogen-bond donors (Lipinski definition) is 1. The lowest BCUT2D eigenvalue weighted by atomic mass is 10.2. The number of anilines is 1. The van der Waals surface area contributed by atoms with Gasteiger partial charge in [-0.1, -0.05) is 6.07 Å². The van der Waals surface area contributed by atoms with Crippen molar-refractivity contribution in [2.75, 3.05) is 11.9 Å². The van der Waals surface area contributed by atoms with Crippen LogP contribution >= 0.6 is 27.3 Å². The van der Waals surface area contributed by atoms with Crippen LogP contribution in [0.2, 0.25) is 0 Å². The summed E-state index contributed by atoms with van der Waals surface area (Å²) in [5.41, 5.74) is 3.74. The zero-order valence-electron chi connectivity index (χ0n) is 12.4. The molecule has 0 radical (unpaired) electrons. The lowest BCUT2D eigenvalue weighted by Crippen LogP contribution is -2.19. The van der Waals surface area contributed by atoms with Gasteiger partial charge in [-0.15, -0.1) is 11.3 Å².